The van der Waals surface area contributed by atoms with Crippen molar-refractivity contribution in [1.29, 1.82) is 0 Å². The van der Waals surface area contributed by atoms with Crippen molar-refractivity contribution in [2.45, 2.75) is 19.8 Å². The Bertz CT molecular complexity index is 620. The van der Waals surface area contributed by atoms with Crippen LogP contribution in [0, 0.1) is 0 Å². The van der Waals surface area contributed by atoms with Gasteiger partial charge in [0.1, 0.15) is 5.75 Å². The molecule has 1 aromatic rings. The third-order valence-electron chi connectivity index (χ3n) is 4.20. The lowest BCUT2D eigenvalue weighted by molar-refractivity contribution is -0.135. The molecule has 1 aromatic carbocycles. The van der Waals surface area contributed by atoms with Gasteiger partial charge in [-0.05, 0) is 18.6 Å². The highest BCUT2D eigenvalue weighted by atomic mass is 35.5. The fourth-order valence-electron chi connectivity index (χ4n) is 2.62. The monoisotopic (exact) mass is 401 g/mol. The number of hydrogen-bond donors (Lipinski definition) is 1. The zero-order valence-electron chi connectivity index (χ0n) is 15.0. The Kier molecular flexibility index (Phi) is 8.48. The standard InChI is InChI=1S/C18H25Cl2N3O3/c1-2-3-6-21-17(24)12-22-7-9-23(10-8-22)18(25)13-26-14-4-5-15(19)16(20)11-14/h4-5,11H,2-3,6-10,12-13H2,1H3,(H,21,24). The second-order valence-electron chi connectivity index (χ2n) is 6.23. The van der Waals surface area contributed by atoms with Crippen molar-refractivity contribution in [2.24, 2.45) is 0 Å². The maximum atomic E-state index is 12.3. The number of nitrogens with zero attached hydrogens (tertiary/aromatic N) is 2. The number of ether oxygens (including phenoxy) is 1. The number of unbranched alkanes of at least 4 members (excludes halogenated alkanes) is 1. The van der Waals surface area contributed by atoms with Crippen molar-refractivity contribution in [3.63, 3.8) is 0 Å². The topological polar surface area (TPSA) is 61.9 Å². The van der Waals surface area contributed by atoms with Gasteiger partial charge in [0, 0.05) is 38.8 Å². The molecule has 0 aliphatic carbocycles. The van der Waals surface area contributed by atoms with Crippen LogP contribution in [0.5, 0.6) is 5.75 Å². The molecule has 1 fully saturated rings. The van der Waals surface area contributed by atoms with Crippen molar-refractivity contribution >= 4 is 35.0 Å². The maximum absolute atomic E-state index is 12.3. The lowest BCUT2D eigenvalue weighted by atomic mass is 10.3. The number of hydrogen-bond acceptors (Lipinski definition) is 4. The van der Waals surface area contributed by atoms with E-state index in [0.29, 0.717) is 48.5 Å². The molecule has 1 aliphatic heterocycles. The molecule has 0 atom stereocenters. The van der Waals surface area contributed by atoms with E-state index in [-0.39, 0.29) is 18.4 Å². The molecule has 0 radical (unpaired) electrons. The lowest BCUT2D eigenvalue weighted by Crippen LogP contribution is -2.52. The van der Waals surface area contributed by atoms with E-state index in [1.54, 1.807) is 23.1 Å². The van der Waals surface area contributed by atoms with Gasteiger partial charge in [-0.15, -0.1) is 0 Å². The quantitative estimate of drug-likeness (QED) is 0.679. The number of halogens is 2. The fourth-order valence-corrected chi connectivity index (χ4v) is 2.91. The van der Waals surface area contributed by atoms with E-state index in [9.17, 15) is 9.59 Å². The minimum atomic E-state index is -0.0804. The van der Waals surface area contributed by atoms with Gasteiger partial charge in [0.25, 0.3) is 5.91 Å². The minimum Gasteiger partial charge on any atom is -0.484 e. The summed E-state index contributed by atoms with van der Waals surface area (Å²) in [4.78, 5) is 27.9. The highest BCUT2D eigenvalue weighted by Crippen LogP contribution is 2.26. The summed E-state index contributed by atoms with van der Waals surface area (Å²) < 4.78 is 5.49. The van der Waals surface area contributed by atoms with Gasteiger partial charge < -0.3 is 15.0 Å². The molecular formula is C18H25Cl2N3O3. The summed E-state index contributed by atoms with van der Waals surface area (Å²) in [7, 11) is 0. The number of nitrogens with one attached hydrogen (secondary N) is 1. The van der Waals surface area contributed by atoms with Crippen LogP contribution >= 0.6 is 23.2 Å². The first-order valence-electron chi connectivity index (χ1n) is 8.84. The van der Waals surface area contributed by atoms with Crippen LogP contribution < -0.4 is 10.1 Å². The molecule has 6 nitrogen and oxygen atoms in total. The Morgan fingerprint density at radius 2 is 1.88 bits per heavy atom. The highest BCUT2D eigenvalue weighted by Gasteiger charge is 2.22. The number of amides is 2. The van der Waals surface area contributed by atoms with Gasteiger partial charge in [-0.25, -0.2) is 0 Å². The molecule has 8 heteroatoms. The first-order chi connectivity index (χ1) is 12.5. The normalized spacial score (nSPS) is 15.0. The Balaban J connectivity index is 1.69. The Hall–Kier alpha value is -1.50. The summed E-state index contributed by atoms with van der Waals surface area (Å²) in [6, 6.07) is 4.90. The summed E-state index contributed by atoms with van der Waals surface area (Å²) in [6.07, 6.45) is 2.05. The molecule has 144 valence electrons. The molecule has 0 spiro atoms. The van der Waals surface area contributed by atoms with Gasteiger partial charge in [-0.1, -0.05) is 36.5 Å². The predicted molar refractivity (Wildman–Crippen MR) is 103 cm³/mol. The second-order valence-corrected chi connectivity index (χ2v) is 7.04. The number of piperazine rings is 1. The van der Waals surface area contributed by atoms with Crippen LogP contribution in [0.25, 0.3) is 0 Å². The van der Waals surface area contributed by atoms with E-state index in [4.69, 9.17) is 27.9 Å². The van der Waals surface area contributed by atoms with Crippen molar-refractivity contribution in [3.05, 3.63) is 28.2 Å². The van der Waals surface area contributed by atoms with E-state index in [1.165, 1.54) is 0 Å². The largest absolute Gasteiger partial charge is 0.484 e. The molecule has 0 aromatic heterocycles. The third kappa shape index (κ3) is 6.67. The third-order valence-corrected chi connectivity index (χ3v) is 4.94. The van der Waals surface area contributed by atoms with E-state index in [1.807, 2.05) is 0 Å². The van der Waals surface area contributed by atoms with E-state index < -0.39 is 0 Å². The number of carbonyl (C=O) groups excluding carboxylic acids is 2. The summed E-state index contributed by atoms with van der Waals surface area (Å²) >= 11 is 11.8. The predicted octanol–water partition coefficient (Wildman–Crippen LogP) is 2.43. The van der Waals surface area contributed by atoms with E-state index >= 15 is 0 Å². The molecule has 1 heterocycles. The average molecular weight is 402 g/mol. The summed E-state index contributed by atoms with van der Waals surface area (Å²) in [6.45, 7) is 5.69. The van der Waals surface area contributed by atoms with Gasteiger partial charge in [0.15, 0.2) is 6.61 Å². The molecule has 0 unspecified atom stereocenters. The molecule has 0 bridgehead atoms. The number of rotatable bonds is 8. The van der Waals surface area contributed by atoms with Crippen LogP contribution in [0.15, 0.2) is 18.2 Å². The fraction of sp³-hybridized carbons (Fsp3) is 0.556. The Morgan fingerprint density at radius 3 is 2.54 bits per heavy atom. The smallest absolute Gasteiger partial charge is 0.260 e. The summed E-state index contributed by atoms with van der Waals surface area (Å²) in [5.74, 6) is 0.472. The number of carbonyl (C=O) groups is 2. The van der Waals surface area contributed by atoms with Crippen molar-refractivity contribution < 1.29 is 14.3 Å². The maximum Gasteiger partial charge on any atom is 0.260 e. The van der Waals surface area contributed by atoms with Gasteiger partial charge in [-0.2, -0.15) is 0 Å². The molecule has 2 amide bonds. The summed E-state index contributed by atoms with van der Waals surface area (Å²) in [5, 5.41) is 3.75. The van der Waals surface area contributed by atoms with Crippen LogP contribution in [0.4, 0.5) is 0 Å². The van der Waals surface area contributed by atoms with Crippen LogP contribution in [0.2, 0.25) is 10.0 Å². The first kappa shape index (κ1) is 20.8. The van der Waals surface area contributed by atoms with Gasteiger partial charge >= 0.3 is 0 Å². The van der Waals surface area contributed by atoms with E-state index in [0.717, 1.165) is 19.4 Å². The van der Waals surface area contributed by atoms with Crippen LogP contribution in [-0.2, 0) is 9.59 Å². The van der Waals surface area contributed by atoms with Crippen molar-refractivity contribution in [2.75, 3.05) is 45.9 Å². The van der Waals surface area contributed by atoms with Crippen molar-refractivity contribution in [1.82, 2.24) is 15.1 Å². The summed E-state index contributed by atoms with van der Waals surface area (Å²) in [5.41, 5.74) is 0. The van der Waals surface area contributed by atoms with Crippen molar-refractivity contribution in [3.8, 4) is 5.75 Å². The molecular weight excluding hydrogens is 377 g/mol. The van der Waals surface area contributed by atoms with E-state index in [2.05, 4.69) is 17.1 Å². The zero-order chi connectivity index (χ0) is 18.9. The number of benzene rings is 1. The second kappa shape index (κ2) is 10.6. The molecule has 1 saturated heterocycles. The molecule has 26 heavy (non-hydrogen) atoms. The van der Waals surface area contributed by atoms with Gasteiger partial charge in [0.05, 0.1) is 16.6 Å². The zero-order valence-corrected chi connectivity index (χ0v) is 16.5. The van der Waals surface area contributed by atoms with Gasteiger partial charge in [-0.3, -0.25) is 14.5 Å². The van der Waals surface area contributed by atoms with Gasteiger partial charge in [0.2, 0.25) is 5.91 Å². The molecule has 1 aliphatic rings. The molecule has 2 rings (SSSR count). The Labute approximate surface area is 164 Å². The van der Waals surface area contributed by atoms with Crippen LogP contribution in [-0.4, -0.2) is 67.5 Å². The average Bonchev–Trinajstić information content (AvgIpc) is 2.63. The minimum absolute atomic E-state index is 0.0428. The highest BCUT2D eigenvalue weighted by molar-refractivity contribution is 6.42. The molecule has 0 saturated carbocycles. The van der Waals surface area contributed by atoms with Crippen LogP contribution in [0.1, 0.15) is 19.8 Å². The van der Waals surface area contributed by atoms with Crippen LogP contribution in [0.3, 0.4) is 0 Å². The molecule has 1 N–H and O–H groups in total. The first-order valence-corrected chi connectivity index (χ1v) is 9.60. The lowest BCUT2D eigenvalue weighted by Gasteiger charge is -2.34. The Morgan fingerprint density at radius 1 is 1.15 bits per heavy atom. The SMILES string of the molecule is CCCCNC(=O)CN1CCN(C(=O)COc2ccc(Cl)c(Cl)c2)CC1.